The van der Waals surface area contributed by atoms with Crippen molar-refractivity contribution in [2.75, 3.05) is 18.9 Å². The first-order valence-electron chi connectivity index (χ1n) is 6.92. The van der Waals surface area contributed by atoms with Gasteiger partial charge in [0.15, 0.2) is 0 Å². The van der Waals surface area contributed by atoms with Gasteiger partial charge in [0.25, 0.3) is 5.91 Å². The van der Waals surface area contributed by atoms with Crippen LogP contribution < -0.4 is 10.6 Å². The highest BCUT2D eigenvalue weighted by Gasteiger charge is 2.11. The van der Waals surface area contributed by atoms with E-state index < -0.39 is 0 Å². The molecule has 0 fully saturated rings. The highest BCUT2D eigenvalue weighted by molar-refractivity contribution is 5.95. The number of rotatable bonds is 4. The van der Waals surface area contributed by atoms with Crippen molar-refractivity contribution in [3.63, 3.8) is 0 Å². The van der Waals surface area contributed by atoms with Crippen LogP contribution in [-0.4, -0.2) is 19.5 Å². The van der Waals surface area contributed by atoms with E-state index in [9.17, 15) is 4.79 Å². The first-order chi connectivity index (χ1) is 9.20. The van der Waals surface area contributed by atoms with Gasteiger partial charge >= 0.3 is 0 Å². The molecule has 1 unspecified atom stereocenters. The van der Waals surface area contributed by atoms with Gasteiger partial charge in [-0.1, -0.05) is 18.2 Å². The predicted molar refractivity (Wildman–Crippen MR) is 79.5 cm³/mol. The minimum absolute atomic E-state index is 0.0383. The Morgan fingerprint density at radius 1 is 1.37 bits per heavy atom. The number of amides is 1. The summed E-state index contributed by atoms with van der Waals surface area (Å²) in [6, 6.07) is 5.79. The molecular formula is C16H22N2O. The van der Waals surface area contributed by atoms with Crippen LogP contribution in [0.15, 0.2) is 30.4 Å². The molecule has 1 aromatic carbocycles. The standard InChI is InChI=1S/C16H22N2O/c1-12-8-9-14(16(19)17-2)10-15(12)18-11-13-6-4-3-5-7-13/h3-4,8-10,13,18H,5-7,11H2,1-2H3,(H,17,19). The molecule has 0 heterocycles. The van der Waals surface area contributed by atoms with E-state index in [1.807, 2.05) is 18.2 Å². The maximum atomic E-state index is 11.6. The lowest BCUT2D eigenvalue weighted by atomic mass is 9.94. The summed E-state index contributed by atoms with van der Waals surface area (Å²) in [4.78, 5) is 11.6. The van der Waals surface area contributed by atoms with Gasteiger partial charge in [0, 0.05) is 24.8 Å². The molecule has 2 N–H and O–H groups in total. The third-order valence-electron chi connectivity index (χ3n) is 3.69. The van der Waals surface area contributed by atoms with Gasteiger partial charge in [0.1, 0.15) is 0 Å². The molecule has 1 aliphatic rings. The van der Waals surface area contributed by atoms with Crippen LogP contribution in [0, 0.1) is 12.8 Å². The average molecular weight is 258 g/mol. The summed E-state index contributed by atoms with van der Waals surface area (Å²) in [5.74, 6) is 0.664. The van der Waals surface area contributed by atoms with Gasteiger partial charge in [-0.15, -0.1) is 0 Å². The van der Waals surface area contributed by atoms with Gasteiger partial charge in [-0.3, -0.25) is 4.79 Å². The third kappa shape index (κ3) is 3.60. The Kier molecular flexibility index (Phi) is 4.61. The van der Waals surface area contributed by atoms with Crippen molar-refractivity contribution in [3.8, 4) is 0 Å². The summed E-state index contributed by atoms with van der Waals surface area (Å²) >= 11 is 0. The molecule has 102 valence electrons. The van der Waals surface area contributed by atoms with Gasteiger partial charge in [0.2, 0.25) is 0 Å². The normalized spacial score (nSPS) is 18.1. The lowest BCUT2D eigenvalue weighted by Crippen LogP contribution is -2.19. The number of carbonyl (C=O) groups is 1. The van der Waals surface area contributed by atoms with Gasteiger partial charge in [-0.2, -0.15) is 0 Å². The lowest BCUT2D eigenvalue weighted by molar-refractivity contribution is 0.0963. The van der Waals surface area contributed by atoms with Crippen LogP contribution in [0.25, 0.3) is 0 Å². The van der Waals surface area contributed by atoms with Crippen molar-refractivity contribution in [3.05, 3.63) is 41.5 Å². The number of carbonyl (C=O) groups excluding carboxylic acids is 1. The van der Waals surface area contributed by atoms with Crippen LogP contribution in [0.1, 0.15) is 35.2 Å². The van der Waals surface area contributed by atoms with Crippen molar-refractivity contribution < 1.29 is 4.79 Å². The van der Waals surface area contributed by atoms with E-state index >= 15 is 0 Å². The largest absolute Gasteiger partial charge is 0.385 e. The second kappa shape index (κ2) is 6.41. The number of aryl methyl sites for hydroxylation is 1. The molecule has 1 aliphatic carbocycles. The van der Waals surface area contributed by atoms with Gasteiger partial charge in [-0.05, 0) is 49.8 Å². The predicted octanol–water partition coefficient (Wildman–Crippen LogP) is 3.12. The van der Waals surface area contributed by atoms with Crippen LogP contribution in [0.5, 0.6) is 0 Å². The van der Waals surface area contributed by atoms with E-state index in [-0.39, 0.29) is 5.91 Å². The van der Waals surface area contributed by atoms with Crippen LogP contribution in [-0.2, 0) is 0 Å². The third-order valence-corrected chi connectivity index (χ3v) is 3.69. The van der Waals surface area contributed by atoms with Crippen LogP contribution >= 0.6 is 0 Å². The lowest BCUT2D eigenvalue weighted by Gasteiger charge is -2.20. The summed E-state index contributed by atoms with van der Waals surface area (Å²) in [6.45, 7) is 3.04. The zero-order chi connectivity index (χ0) is 13.7. The maximum Gasteiger partial charge on any atom is 0.251 e. The highest BCUT2D eigenvalue weighted by Crippen LogP contribution is 2.21. The van der Waals surface area contributed by atoms with E-state index in [2.05, 4.69) is 29.7 Å². The topological polar surface area (TPSA) is 41.1 Å². The minimum Gasteiger partial charge on any atom is -0.385 e. The molecule has 1 amide bonds. The quantitative estimate of drug-likeness (QED) is 0.815. The summed E-state index contributed by atoms with van der Waals surface area (Å²) in [5, 5.41) is 6.15. The fourth-order valence-corrected chi connectivity index (χ4v) is 2.39. The average Bonchev–Trinajstić information content (AvgIpc) is 2.46. The second-order valence-corrected chi connectivity index (χ2v) is 5.14. The first-order valence-corrected chi connectivity index (χ1v) is 6.92. The van der Waals surface area contributed by atoms with E-state index in [0.29, 0.717) is 11.5 Å². The Hall–Kier alpha value is -1.77. The van der Waals surface area contributed by atoms with E-state index in [1.165, 1.54) is 18.4 Å². The molecule has 3 nitrogen and oxygen atoms in total. The van der Waals surface area contributed by atoms with Gasteiger partial charge in [0.05, 0.1) is 0 Å². The molecule has 0 aliphatic heterocycles. The molecule has 1 atom stereocenters. The Balaban J connectivity index is 2.02. The number of anilines is 1. The van der Waals surface area contributed by atoms with Gasteiger partial charge in [-0.25, -0.2) is 0 Å². The van der Waals surface area contributed by atoms with Crippen molar-refractivity contribution in [1.82, 2.24) is 5.32 Å². The van der Waals surface area contributed by atoms with Crippen molar-refractivity contribution in [2.24, 2.45) is 5.92 Å². The monoisotopic (exact) mass is 258 g/mol. The Labute approximate surface area is 115 Å². The Bertz CT molecular complexity index is 480. The molecule has 3 heteroatoms. The Morgan fingerprint density at radius 2 is 2.21 bits per heavy atom. The molecule has 0 bridgehead atoms. The molecule has 0 spiro atoms. The second-order valence-electron chi connectivity index (χ2n) is 5.14. The smallest absolute Gasteiger partial charge is 0.251 e. The molecule has 0 saturated heterocycles. The number of hydrogen-bond acceptors (Lipinski definition) is 2. The van der Waals surface area contributed by atoms with Crippen molar-refractivity contribution in [1.29, 1.82) is 0 Å². The number of nitrogens with one attached hydrogen (secondary N) is 2. The highest BCUT2D eigenvalue weighted by atomic mass is 16.1. The number of benzene rings is 1. The summed E-state index contributed by atoms with van der Waals surface area (Å²) in [5.41, 5.74) is 2.95. The molecular weight excluding hydrogens is 236 g/mol. The summed E-state index contributed by atoms with van der Waals surface area (Å²) in [6.07, 6.45) is 8.11. The van der Waals surface area contributed by atoms with Crippen LogP contribution in [0.4, 0.5) is 5.69 Å². The maximum absolute atomic E-state index is 11.6. The zero-order valence-electron chi connectivity index (χ0n) is 11.7. The van der Waals surface area contributed by atoms with Gasteiger partial charge < -0.3 is 10.6 Å². The number of hydrogen-bond donors (Lipinski definition) is 2. The van der Waals surface area contributed by atoms with Crippen molar-refractivity contribution in [2.45, 2.75) is 26.2 Å². The Morgan fingerprint density at radius 3 is 2.89 bits per heavy atom. The fraction of sp³-hybridized carbons (Fsp3) is 0.438. The molecule has 0 saturated carbocycles. The number of allylic oxidation sites excluding steroid dienone is 2. The van der Waals surface area contributed by atoms with Crippen LogP contribution in [0.2, 0.25) is 0 Å². The minimum atomic E-state index is -0.0383. The zero-order valence-corrected chi connectivity index (χ0v) is 11.7. The molecule has 2 rings (SSSR count). The van der Waals surface area contributed by atoms with E-state index in [0.717, 1.165) is 18.7 Å². The molecule has 0 aromatic heterocycles. The SMILES string of the molecule is CNC(=O)c1ccc(C)c(NCC2CC=CCC2)c1. The first kappa shape index (κ1) is 13.7. The van der Waals surface area contributed by atoms with Crippen molar-refractivity contribution >= 4 is 11.6 Å². The van der Waals surface area contributed by atoms with E-state index in [1.54, 1.807) is 7.05 Å². The fourth-order valence-electron chi connectivity index (χ4n) is 2.39. The van der Waals surface area contributed by atoms with E-state index in [4.69, 9.17) is 0 Å². The molecule has 1 aromatic rings. The summed E-state index contributed by atoms with van der Waals surface area (Å²) in [7, 11) is 1.66. The molecule has 0 radical (unpaired) electrons. The molecule has 19 heavy (non-hydrogen) atoms. The summed E-state index contributed by atoms with van der Waals surface area (Å²) < 4.78 is 0. The van der Waals surface area contributed by atoms with Crippen LogP contribution in [0.3, 0.4) is 0 Å².